The lowest BCUT2D eigenvalue weighted by Gasteiger charge is -2.23. The number of halogens is 2. The van der Waals surface area contributed by atoms with E-state index in [0.29, 0.717) is 12.2 Å². The van der Waals surface area contributed by atoms with Crippen molar-refractivity contribution in [3.8, 4) is 0 Å². The Kier molecular flexibility index (Phi) is 5.54. The normalized spacial score (nSPS) is 10.4. The number of para-hydroxylation sites is 2. The summed E-state index contributed by atoms with van der Waals surface area (Å²) in [4.78, 5) is 14.6. The van der Waals surface area contributed by atoms with Crippen molar-refractivity contribution in [2.75, 3.05) is 17.3 Å². The maximum absolute atomic E-state index is 13.2. The number of nitrogens with one attached hydrogen (secondary N) is 1. The van der Waals surface area contributed by atoms with E-state index in [-0.39, 0.29) is 16.5 Å². The van der Waals surface area contributed by atoms with Crippen molar-refractivity contribution in [2.24, 2.45) is 0 Å². The van der Waals surface area contributed by atoms with Gasteiger partial charge in [-0.1, -0.05) is 54.1 Å². The SMILES string of the molecule is CN(Cc1ccccc1)c1ccccc1NC(=O)c1ccc(F)cc1Cl. The van der Waals surface area contributed by atoms with Gasteiger partial charge in [-0.05, 0) is 35.9 Å². The summed E-state index contributed by atoms with van der Waals surface area (Å²) < 4.78 is 13.2. The largest absolute Gasteiger partial charge is 0.369 e. The molecule has 0 aliphatic carbocycles. The summed E-state index contributed by atoms with van der Waals surface area (Å²) in [6, 6.07) is 21.3. The topological polar surface area (TPSA) is 32.3 Å². The summed E-state index contributed by atoms with van der Waals surface area (Å²) in [5, 5.41) is 2.95. The highest BCUT2D eigenvalue weighted by molar-refractivity contribution is 6.34. The molecular weight excluding hydrogens is 351 g/mol. The first kappa shape index (κ1) is 18.0. The molecule has 0 aliphatic heterocycles. The molecule has 0 fully saturated rings. The Bertz CT molecular complexity index is 915. The second kappa shape index (κ2) is 8.02. The Morgan fingerprint density at radius 3 is 2.46 bits per heavy atom. The highest BCUT2D eigenvalue weighted by Gasteiger charge is 2.14. The third-order valence-electron chi connectivity index (χ3n) is 4.00. The van der Waals surface area contributed by atoms with Crippen molar-refractivity contribution >= 4 is 28.9 Å². The van der Waals surface area contributed by atoms with E-state index in [1.807, 2.05) is 49.5 Å². The molecule has 3 aromatic carbocycles. The Hall–Kier alpha value is -2.85. The molecule has 3 nitrogen and oxygen atoms in total. The molecule has 0 heterocycles. The molecule has 0 bridgehead atoms. The van der Waals surface area contributed by atoms with Gasteiger partial charge in [-0.15, -0.1) is 0 Å². The van der Waals surface area contributed by atoms with E-state index < -0.39 is 5.82 Å². The van der Waals surface area contributed by atoms with Crippen molar-refractivity contribution in [2.45, 2.75) is 6.54 Å². The summed E-state index contributed by atoms with van der Waals surface area (Å²) >= 11 is 5.99. The molecule has 5 heteroatoms. The van der Waals surface area contributed by atoms with Crippen LogP contribution in [0.25, 0.3) is 0 Å². The fourth-order valence-electron chi connectivity index (χ4n) is 2.72. The lowest BCUT2D eigenvalue weighted by atomic mass is 10.1. The van der Waals surface area contributed by atoms with Gasteiger partial charge in [-0.3, -0.25) is 4.79 Å². The van der Waals surface area contributed by atoms with E-state index in [9.17, 15) is 9.18 Å². The van der Waals surface area contributed by atoms with Crippen LogP contribution >= 0.6 is 11.6 Å². The number of hydrogen-bond donors (Lipinski definition) is 1. The molecule has 0 saturated carbocycles. The molecule has 0 spiro atoms. The van der Waals surface area contributed by atoms with E-state index in [2.05, 4.69) is 22.3 Å². The van der Waals surface area contributed by atoms with E-state index >= 15 is 0 Å². The van der Waals surface area contributed by atoms with Gasteiger partial charge >= 0.3 is 0 Å². The zero-order valence-electron chi connectivity index (χ0n) is 14.2. The summed E-state index contributed by atoms with van der Waals surface area (Å²) in [6.45, 7) is 0.699. The van der Waals surface area contributed by atoms with Crippen molar-refractivity contribution in [3.05, 3.63) is 94.8 Å². The maximum Gasteiger partial charge on any atom is 0.257 e. The second-order valence-electron chi connectivity index (χ2n) is 5.94. The number of rotatable bonds is 5. The van der Waals surface area contributed by atoms with Crippen LogP contribution in [0.1, 0.15) is 15.9 Å². The standard InChI is InChI=1S/C21H18ClFN2O/c1-25(14-15-7-3-2-4-8-15)20-10-6-5-9-19(20)24-21(26)17-12-11-16(23)13-18(17)22/h2-13H,14H2,1H3,(H,24,26). The molecule has 0 radical (unpaired) electrons. The van der Waals surface area contributed by atoms with Gasteiger partial charge in [0, 0.05) is 13.6 Å². The summed E-state index contributed by atoms with van der Waals surface area (Å²) in [5.74, 6) is -0.856. The first-order valence-electron chi connectivity index (χ1n) is 8.15. The fraction of sp³-hybridized carbons (Fsp3) is 0.0952. The van der Waals surface area contributed by atoms with Crippen LogP contribution in [0.4, 0.5) is 15.8 Å². The van der Waals surface area contributed by atoms with Crippen molar-refractivity contribution in [1.29, 1.82) is 0 Å². The first-order valence-corrected chi connectivity index (χ1v) is 8.53. The number of benzene rings is 3. The van der Waals surface area contributed by atoms with Crippen LogP contribution in [0, 0.1) is 5.82 Å². The Morgan fingerprint density at radius 2 is 1.73 bits per heavy atom. The zero-order valence-corrected chi connectivity index (χ0v) is 15.0. The molecule has 1 N–H and O–H groups in total. The van der Waals surface area contributed by atoms with E-state index in [0.717, 1.165) is 17.3 Å². The van der Waals surface area contributed by atoms with Gasteiger partial charge in [0.1, 0.15) is 5.82 Å². The smallest absolute Gasteiger partial charge is 0.257 e. The quantitative estimate of drug-likeness (QED) is 0.656. The highest BCUT2D eigenvalue weighted by atomic mass is 35.5. The summed E-state index contributed by atoms with van der Waals surface area (Å²) in [7, 11) is 1.96. The van der Waals surface area contributed by atoms with Gasteiger partial charge in [-0.2, -0.15) is 0 Å². The van der Waals surface area contributed by atoms with Crippen LogP contribution in [0.2, 0.25) is 5.02 Å². The fourth-order valence-corrected chi connectivity index (χ4v) is 2.97. The lowest BCUT2D eigenvalue weighted by molar-refractivity contribution is 0.102. The van der Waals surface area contributed by atoms with Crippen LogP contribution in [-0.4, -0.2) is 13.0 Å². The van der Waals surface area contributed by atoms with Crippen LogP contribution < -0.4 is 10.2 Å². The van der Waals surface area contributed by atoms with Crippen molar-refractivity contribution in [1.82, 2.24) is 0 Å². The van der Waals surface area contributed by atoms with Gasteiger partial charge in [0.05, 0.1) is 22.0 Å². The van der Waals surface area contributed by atoms with Crippen LogP contribution in [0.5, 0.6) is 0 Å². The predicted molar refractivity (Wildman–Crippen MR) is 104 cm³/mol. The molecule has 26 heavy (non-hydrogen) atoms. The molecule has 0 atom stereocenters. The molecular formula is C21H18ClFN2O. The molecule has 3 rings (SSSR count). The number of carbonyl (C=O) groups is 1. The van der Waals surface area contributed by atoms with Crippen LogP contribution in [0.15, 0.2) is 72.8 Å². The van der Waals surface area contributed by atoms with Crippen LogP contribution in [0.3, 0.4) is 0 Å². The highest BCUT2D eigenvalue weighted by Crippen LogP contribution is 2.27. The predicted octanol–water partition coefficient (Wildman–Crippen LogP) is 5.37. The summed E-state index contributed by atoms with van der Waals surface area (Å²) in [6.07, 6.45) is 0. The molecule has 0 unspecified atom stereocenters. The van der Waals surface area contributed by atoms with E-state index in [1.165, 1.54) is 12.1 Å². The van der Waals surface area contributed by atoms with Gasteiger partial charge in [0.2, 0.25) is 0 Å². The average Bonchev–Trinajstić information content (AvgIpc) is 2.62. The molecule has 132 valence electrons. The Morgan fingerprint density at radius 1 is 1.04 bits per heavy atom. The van der Waals surface area contributed by atoms with Gasteiger partial charge in [-0.25, -0.2) is 4.39 Å². The first-order chi connectivity index (χ1) is 12.5. The lowest BCUT2D eigenvalue weighted by Crippen LogP contribution is -2.20. The average molecular weight is 369 g/mol. The molecule has 0 aromatic heterocycles. The number of carbonyl (C=O) groups excluding carboxylic acids is 1. The second-order valence-corrected chi connectivity index (χ2v) is 6.34. The van der Waals surface area contributed by atoms with Crippen LogP contribution in [-0.2, 0) is 6.54 Å². The maximum atomic E-state index is 13.2. The minimum atomic E-state index is -0.477. The molecule has 0 saturated heterocycles. The zero-order chi connectivity index (χ0) is 18.5. The Labute approximate surface area is 157 Å². The monoisotopic (exact) mass is 368 g/mol. The Balaban J connectivity index is 1.81. The molecule has 3 aromatic rings. The van der Waals surface area contributed by atoms with Gasteiger partial charge in [0.25, 0.3) is 5.91 Å². The third-order valence-corrected chi connectivity index (χ3v) is 4.31. The minimum Gasteiger partial charge on any atom is -0.369 e. The van der Waals surface area contributed by atoms with Gasteiger partial charge in [0.15, 0.2) is 0 Å². The number of amides is 1. The van der Waals surface area contributed by atoms with Gasteiger partial charge < -0.3 is 10.2 Å². The molecule has 1 amide bonds. The molecule has 0 aliphatic rings. The summed E-state index contributed by atoms with van der Waals surface area (Å²) in [5.41, 5.74) is 2.94. The van der Waals surface area contributed by atoms with E-state index in [1.54, 1.807) is 0 Å². The minimum absolute atomic E-state index is 0.0811. The number of nitrogens with zero attached hydrogens (tertiary/aromatic N) is 1. The third kappa shape index (κ3) is 4.21. The van der Waals surface area contributed by atoms with E-state index in [4.69, 9.17) is 11.6 Å². The van der Waals surface area contributed by atoms with Crippen molar-refractivity contribution in [3.63, 3.8) is 0 Å². The number of anilines is 2. The van der Waals surface area contributed by atoms with Crippen molar-refractivity contribution < 1.29 is 9.18 Å². The number of hydrogen-bond acceptors (Lipinski definition) is 2.